The normalized spacial score (nSPS) is 27.5. The minimum absolute atomic E-state index is 0.0635. The maximum Gasteiger partial charge on any atom is 0.257 e. The number of nitrogens with zero attached hydrogens (tertiary/aromatic N) is 4. The van der Waals surface area contributed by atoms with Crippen LogP contribution in [0.15, 0.2) is 6.33 Å². The highest BCUT2D eigenvalue weighted by Crippen LogP contribution is 2.43. The standard InChI is InChI=1S/C15H22N4O4S/c1-10-13(11(2)17-9-16-10)14(21)18-4-12-5-19(24(3,22)23)7-15(12,6-18)8-20/h9,12,20H,4-8H2,1-3H3. The van der Waals surface area contributed by atoms with Gasteiger partial charge in [0.1, 0.15) is 6.33 Å². The van der Waals surface area contributed by atoms with Crippen molar-refractivity contribution in [1.29, 1.82) is 0 Å². The zero-order chi connectivity index (χ0) is 17.7. The molecule has 0 aromatic carbocycles. The van der Waals surface area contributed by atoms with E-state index in [0.717, 1.165) is 0 Å². The van der Waals surface area contributed by atoms with Gasteiger partial charge in [-0.3, -0.25) is 4.79 Å². The number of fused-ring (bicyclic) bond motifs is 1. The molecule has 8 nitrogen and oxygen atoms in total. The number of sulfonamides is 1. The zero-order valence-corrected chi connectivity index (χ0v) is 14.9. The van der Waals surface area contributed by atoms with Gasteiger partial charge in [-0.2, -0.15) is 0 Å². The molecule has 0 spiro atoms. The number of hydrogen-bond donors (Lipinski definition) is 1. The molecular formula is C15H22N4O4S. The molecule has 3 rings (SSSR count). The van der Waals surface area contributed by atoms with Crippen molar-refractivity contribution in [1.82, 2.24) is 19.2 Å². The third kappa shape index (κ3) is 2.70. The van der Waals surface area contributed by atoms with Crippen LogP contribution in [0.4, 0.5) is 0 Å². The molecule has 2 unspecified atom stereocenters. The topological polar surface area (TPSA) is 104 Å². The fraction of sp³-hybridized carbons (Fsp3) is 0.667. The van der Waals surface area contributed by atoms with E-state index in [1.807, 2.05) is 0 Å². The molecule has 2 fully saturated rings. The third-order valence-electron chi connectivity index (χ3n) is 5.24. The summed E-state index contributed by atoms with van der Waals surface area (Å²) in [6, 6.07) is 0. The lowest BCUT2D eigenvalue weighted by molar-refractivity contribution is 0.0734. The van der Waals surface area contributed by atoms with E-state index in [4.69, 9.17) is 0 Å². The van der Waals surface area contributed by atoms with Crippen molar-refractivity contribution in [3.05, 3.63) is 23.3 Å². The first-order valence-electron chi connectivity index (χ1n) is 7.81. The number of aromatic nitrogens is 2. The molecule has 3 heterocycles. The molecule has 2 saturated heterocycles. The Bertz CT molecular complexity index is 761. The Labute approximate surface area is 141 Å². The highest BCUT2D eigenvalue weighted by atomic mass is 32.2. The fourth-order valence-corrected chi connectivity index (χ4v) is 4.76. The summed E-state index contributed by atoms with van der Waals surface area (Å²) in [5.74, 6) is -0.217. The molecule has 24 heavy (non-hydrogen) atoms. The van der Waals surface area contributed by atoms with Gasteiger partial charge < -0.3 is 10.0 Å². The molecule has 2 aliphatic rings. The molecule has 1 N–H and O–H groups in total. The van der Waals surface area contributed by atoms with E-state index in [0.29, 0.717) is 36.6 Å². The summed E-state index contributed by atoms with van der Waals surface area (Å²) in [6.07, 6.45) is 2.61. The summed E-state index contributed by atoms with van der Waals surface area (Å²) in [5.41, 5.74) is 1.15. The Morgan fingerprint density at radius 1 is 1.29 bits per heavy atom. The molecule has 0 aliphatic carbocycles. The summed E-state index contributed by atoms with van der Waals surface area (Å²) in [5, 5.41) is 9.91. The zero-order valence-electron chi connectivity index (χ0n) is 14.1. The first kappa shape index (κ1) is 17.2. The summed E-state index contributed by atoms with van der Waals surface area (Å²) in [4.78, 5) is 22.8. The Morgan fingerprint density at radius 2 is 1.92 bits per heavy atom. The van der Waals surface area contributed by atoms with Gasteiger partial charge in [0.15, 0.2) is 0 Å². The molecule has 132 valence electrons. The summed E-state index contributed by atoms with van der Waals surface area (Å²) in [6.45, 7) is 4.76. The van der Waals surface area contributed by atoms with Crippen molar-refractivity contribution in [2.24, 2.45) is 11.3 Å². The van der Waals surface area contributed by atoms with Crippen LogP contribution in [-0.2, 0) is 10.0 Å². The third-order valence-corrected chi connectivity index (χ3v) is 6.46. The Hall–Kier alpha value is -1.58. The Morgan fingerprint density at radius 3 is 2.42 bits per heavy atom. The van der Waals surface area contributed by atoms with E-state index in [9.17, 15) is 18.3 Å². The van der Waals surface area contributed by atoms with Crippen molar-refractivity contribution < 1.29 is 18.3 Å². The number of carbonyl (C=O) groups excluding carboxylic acids is 1. The first-order valence-corrected chi connectivity index (χ1v) is 9.66. The number of aliphatic hydroxyl groups excluding tert-OH is 1. The van der Waals surface area contributed by atoms with Crippen LogP contribution in [0.5, 0.6) is 0 Å². The molecule has 0 radical (unpaired) electrons. The number of aliphatic hydroxyl groups is 1. The highest BCUT2D eigenvalue weighted by Gasteiger charge is 2.55. The minimum atomic E-state index is -3.30. The first-order chi connectivity index (χ1) is 11.2. The Balaban J connectivity index is 1.85. The molecular weight excluding hydrogens is 332 g/mol. The van der Waals surface area contributed by atoms with E-state index in [-0.39, 0.29) is 25.0 Å². The molecule has 0 saturated carbocycles. The highest BCUT2D eigenvalue weighted by molar-refractivity contribution is 7.88. The second-order valence-corrected chi connectivity index (χ2v) is 8.86. The van der Waals surface area contributed by atoms with E-state index in [2.05, 4.69) is 9.97 Å². The van der Waals surface area contributed by atoms with Crippen LogP contribution in [0, 0.1) is 25.2 Å². The second-order valence-electron chi connectivity index (χ2n) is 6.88. The number of rotatable bonds is 3. The maximum absolute atomic E-state index is 12.9. The van der Waals surface area contributed by atoms with Gasteiger partial charge in [-0.1, -0.05) is 0 Å². The van der Waals surface area contributed by atoms with Crippen molar-refractivity contribution in [2.75, 3.05) is 39.0 Å². The van der Waals surface area contributed by atoms with Gasteiger partial charge in [-0.05, 0) is 13.8 Å². The van der Waals surface area contributed by atoms with E-state index in [1.54, 1.807) is 18.7 Å². The van der Waals surface area contributed by atoms with Gasteiger partial charge in [-0.25, -0.2) is 22.7 Å². The Kier molecular flexibility index (Phi) is 4.13. The minimum Gasteiger partial charge on any atom is -0.396 e. The number of aryl methyl sites for hydroxylation is 2. The van der Waals surface area contributed by atoms with Gasteiger partial charge in [0.25, 0.3) is 5.91 Å². The number of hydrogen-bond acceptors (Lipinski definition) is 6. The van der Waals surface area contributed by atoms with Gasteiger partial charge in [0, 0.05) is 37.5 Å². The van der Waals surface area contributed by atoms with E-state index < -0.39 is 15.4 Å². The molecule has 1 aromatic heterocycles. The quantitative estimate of drug-likeness (QED) is 0.779. The van der Waals surface area contributed by atoms with Crippen LogP contribution in [0.25, 0.3) is 0 Å². The number of amides is 1. The van der Waals surface area contributed by atoms with Crippen LogP contribution in [0.2, 0.25) is 0 Å². The average Bonchev–Trinajstić information content (AvgIpc) is 3.00. The smallest absolute Gasteiger partial charge is 0.257 e. The maximum atomic E-state index is 12.9. The monoisotopic (exact) mass is 354 g/mol. The number of carbonyl (C=O) groups is 1. The SMILES string of the molecule is Cc1ncnc(C)c1C(=O)N1CC2CN(S(C)(=O)=O)CC2(CO)C1. The van der Waals surface area contributed by atoms with Crippen LogP contribution in [0.1, 0.15) is 21.7 Å². The van der Waals surface area contributed by atoms with Gasteiger partial charge >= 0.3 is 0 Å². The van der Waals surface area contributed by atoms with Crippen molar-refractivity contribution >= 4 is 15.9 Å². The van der Waals surface area contributed by atoms with Crippen molar-refractivity contribution in [3.8, 4) is 0 Å². The number of likely N-dealkylation sites (tertiary alicyclic amines) is 1. The van der Waals surface area contributed by atoms with Crippen LogP contribution in [0.3, 0.4) is 0 Å². The van der Waals surface area contributed by atoms with E-state index in [1.165, 1.54) is 16.9 Å². The summed E-state index contributed by atoms with van der Waals surface area (Å²) in [7, 11) is -3.30. The summed E-state index contributed by atoms with van der Waals surface area (Å²) >= 11 is 0. The van der Waals surface area contributed by atoms with E-state index >= 15 is 0 Å². The lowest BCUT2D eigenvalue weighted by Crippen LogP contribution is -2.40. The van der Waals surface area contributed by atoms with Crippen LogP contribution >= 0.6 is 0 Å². The molecule has 0 bridgehead atoms. The molecule has 9 heteroatoms. The predicted molar refractivity (Wildman–Crippen MR) is 86.8 cm³/mol. The molecule has 2 aliphatic heterocycles. The molecule has 1 aromatic rings. The van der Waals surface area contributed by atoms with Gasteiger partial charge in [0.05, 0.1) is 29.8 Å². The summed E-state index contributed by atoms with van der Waals surface area (Å²) < 4.78 is 25.0. The lowest BCUT2D eigenvalue weighted by Gasteiger charge is -2.27. The molecule has 2 atom stereocenters. The van der Waals surface area contributed by atoms with Gasteiger partial charge in [-0.15, -0.1) is 0 Å². The largest absolute Gasteiger partial charge is 0.396 e. The molecule has 1 amide bonds. The van der Waals surface area contributed by atoms with Crippen molar-refractivity contribution in [3.63, 3.8) is 0 Å². The van der Waals surface area contributed by atoms with Gasteiger partial charge in [0.2, 0.25) is 10.0 Å². The predicted octanol–water partition coefficient (Wildman–Crippen LogP) is -0.581. The van der Waals surface area contributed by atoms with Crippen molar-refractivity contribution in [2.45, 2.75) is 13.8 Å². The van der Waals surface area contributed by atoms with Crippen LogP contribution < -0.4 is 0 Å². The lowest BCUT2D eigenvalue weighted by atomic mass is 9.82. The second kappa shape index (κ2) is 5.75. The fourth-order valence-electron chi connectivity index (χ4n) is 3.82. The average molecular weight is 354 g/mol. The van der Waals surface area contributed by atoms with Crippen LogP contribution in [-0.4, -0.2) is 77.6 Å².